The maximum Gasteiger partial charge on any atom is 0.262 e. The Balaban J connectivity index is 2.04. The predicted octanol–water partition coefficient (Wildman–Crippen LogP) is 4.91. The van der Waals surface area contributed by atoms with E-state index < -0.39 is 5.91 Å². The zero-order valence-electron chi connectivity index (χ0n) is 13.9. The van der Waals surface area contributed by atoms with Crippen LogP contribution in [0.3, 0.4) is 0 Å². The second-order valence-electron chi connectivity index (χ2n) is 5.34. The number of halogens is 3. The van der Waals surface area contributed by atoms with Gasteiger partial charge in [-0.3, -0.25) is 9.59 Å². The number of carbonyl (C=O) groups excluding carboxylic acids is 2. The minimum Gasteiger partial charge on any atom is -0.481 e. The fourth-order valence-corrected chi connectivity index (χ4v) is 3.48. The monoisotopic (exact) mass is 458 g/mol. The Hall–Kier alpha value is -1.76. The fourth-order valence-electron chi connectivity index (χ4n) is 2.11. The van der Waals surface area contributed by atoms with Gasteiger partial charge in [0, 0.05) is 11.6 Å². The highest BCUT2D eigenvalue weighted by molar-refractivity contribution is 9.10. The quantitative estimate of drug-likeness (QED) is 0.617. The molecule has 0 saturated carbocycles. The first-order chi connectivity index (χ1) is 12.4. The van der Waals surface area contributed by atoms with E-state index in [1.807, 2.05) is 6.92 Å². The largest absolute Gasteiger partial charge is 0.481 e. The average molecular weight is 460 g/mol. The Kier molecular flexibility index (Phi) is 7.75. The van der Waals surface area contributed by atoms with Crippen LogP contribution in [0.1, 0.15) is 23.7 Å². The Bertz CT molecular complexity index is 792. The summed E-state index contributed by atoms with van der Waals surface area (Å²) >= 11 is 15.2. The molecule has 2 rings (SSSR count). The van der Waals surface area contributed by atoms with Gasteiger partial charge in [-0.15, -0.1) is 0 Å². The van der Waals surface area contributed by atoms with Crippen LogP contribution in [0, 0.1) is 0 Å². The molecule has 2 aromatic carbocycles. The summed E-state index contributed by atoms with van der Waals surface area (Å²) in [5.41, 5.74) is 0.802. The van der Waals surface area contributed by atoms with Crippen LogP contribution < -0.4 is 15.4 Å². The molecule has 0 aliphatic heterocycles. The molecule has 0 heterocycles. The highest BCUT2D eigenvalue weighted by Crippen LogP contribution is 2.36. The first kappa shape index (κ1) is 20.6. The van der Waals surface area contributed by atoms with Gasteiger partial charge in [-0.1, -0.05) is 42.3 Å². The Morgan fingerprint density at radius 1 is 1.19 bits per heavy atom. The SMILES string of the molecule is CCCNC(=O)c1ccccc1NC(=O)COc1c(Cl)cc(Cl)cc1Br. The summed E-state index contributed by atoms with van der Waals surface area (Å²) in [6.45, 7) is 2.25. The number of hydrogen-bond acceptors (Lipinski definition) is 3. The van der Waals surface area contributed by atoms with Gasteiger partial charge in [-0.05, 0) is 46.6 Å². The van der Waals surface area contributed by atoms with Crippen molar-refractivity contribution in [3.05, 3.63) is 56.5 Å². The summed E-state index contributed by atoms with van der Waals surface area (Å²) in [5, 5.41) is 6.20. The van der Waals surface area contributed by atoms with Gasteiger partial charge in [0.2, 0.25) is 0 Å². The van der Waals surface area contributed by atoms with E-state index in [2.05, 4.69) is 26.6 Å². The van der Waals surface area contributed by atoms with E-state index in [0.29, 0.717) is 33.0 Å². The summed E-state index contributed by atoms with van der Waals surface area (Å²) < 4.78 is 6.02. The lowest BCUT2D eigenvalue weighted by atomic mass is 10.1. The van der Waals surface area contributed by atoms with Crippen molar-refractivity contribution in [2.45, 2.75) is 13.3 Å². The van der Waals surface area contributed by atoms with Gasteiger partial charge in [-0.25, -0.2) is 0 Å². The number of hydrogen-bond donors (Lipinski definition) is 2. The number of carbonyl (C=O) groups is 2. The van der Waals surface area contributed by atoms with E-state index in [4.69, 9.17) is 27.9 Å². The topological polar surface area (TPSA) is 67.4 Å². The van der Waals surface area contributed by atoms with E-state index >= 15 is 0 Å². The maximum absolute atomic E-state index is 12.2. The second-order valence-corrected chi connectivity index (χ2v) is 7.03. The molecule has 26 heavy (non-hydrogen) atoms. The number of benzene rings is 2. The first-order valence-corrected chi connectivity index (χ1v) is 9.41. The molecule has 0 spiro atoms. The van der Waals surface area contributed by atoms with Crippen molar-refractivity contribution in [2.24, 2.45) is 0 Å². The van der Waals surface area contributed by atoms with Gasteiger partial charge in [0.1, 0.15) is 0 Å². The Labute approximate surface area is 170 Å². The molecule has 0 aliphatic carbocycles. The number of nitrogens with one attached hydrogen (secondary N) is 2. The van der Waals surface area contributed by atoms with E-state index in [9.17, 15) is 9.59 Å². The standard InChI is InChI=1S/C18H17BrCl2N2O3/c1-2-7-22-18(25)12-5-3-4-6-15(12)23-16(24)10-26-17-13(19)8-11(20)9-14(17)21/h3-6,8-9H,2,7,10H2,1H3,(H,22,25)(H,23,24). The number of para-hydroxylation sites is 1. The average Bonchev–Trinajstić information content (AvgIpc) is 2.59. The molecule has 2 amide bonds. The number of rotatable bonds is 7. The van der Waals surface area contributed by atoms with Crippen molar-refractivity contribution >= 4 is 56.6 Å². The molecule has 0 radical (unpaired) electrons. The summed E-state index contributed by atoms with van der Waals surface area (Å²) in [7, 11) is 0. The van der Waals surface area contributed by atoms with Crippen LogP contribution in [-0.2, 0) is 4.79 Å². The lowest BCUT2D eigenvalue weighted by Gasteiger charge is -2.13. The van der Waals surface area contributed by atoms with Crippen molar-refractivity contribution in [2.75, 3.05) is 18.5 Å². The van der Waals surface area contributed by atoms with Crippen LogP contribution in [0.2, 0.25) is 10.0 Å². The second kappa shape index (κ2) is 9.80. The van der Waals surface area contributed by atoms with Crippen molar-refractivity contribution < 1.29 is 14.3 Å². The summed E-state index contributed by atoms with van der Waals surface area (Å²) in [6.07, 6.45) is 0.824. The maximum atomic E-state index is 12.2. The van der Waals surface area contributed by atoms with Crippen LogP contribution >= 0.6 is 39.1 Å². The zero-order chi connectivity index (χ0) is 19.1. The van der Waals surface area contributed by atoms with Crippen LogP contribution in [0.25, 0.3) is 0 Å². The van der Waals surface area contributed by atoms with E-state index in [0.717, 1.165) is 6.42 Å². The summed E-state index contributed by atoms with van der Waals surface area (Å²) in [5.74, 6) is -0.342. The molecule has 5 nitrogen and oxygen atoms in total. The third-order valence-electron chi connectivity index (χ3n) is 3.29. The molecule has 2 N–H and O–H groups in total. The minimum atomic E-state index is -0.418. The van der Waals surface area contributed by atoms with Gasteiger partial charge in [-0.2, -0.15) is 0 Å². The van der Waals surface area contributed by atoms with Gasteiger partial charge in [0.05, 0.1) is 20.7 Å². The van der Waals surface area contributed by atoms with E-state index in [1.165, 1.54) is 6.07 Å². The summed E-state index contributed by atoms with van der Waals surface area (Å²) in [6, 6.07) is 9.91. The molecule has 2 aromatic rings. The van der Waals surface area contributed by atoms with Crippen LogP contribution in [0.4, 0.5) is 5.69 Å². The van der Waals surface area contributed by atoms with E-state index in [-0.39, 0.29) is 17.5 Å². The Morgan fingerprint density at radius 3 is 2.62 bits per heavy atom. The van der Waals surface area contributed by atoms with Gasteiger partial charge < -0.3 is 15.4 Å². The first-order valence-electron chi connectivity index (χ1n) is 7.86. The lowest BCUT2D eigenvalue weighted by molar-refractivity contribution is -0.118. The molecule has 0 aromatic heterocycles. The molecule has 0 bridgehead atoms. The molecule has 0 atom stereocenters. The van der Waals surface area contributed by atoms with Gasteiger partial charge in [0.15, 0.2) is 12.4 Å². The molecule has 138 valence electrons. The minimum absolute atomic E-state index is 0.243. The molecular formula is C18H17BrCl2N2O3. The zero-order valence-corrected chi connectivity index (χ0v) is 17.0. The summed E-state index contributed by atoms with van der Waals surface area (Å²) in [4.78, 5) is 24.4. The number of amides is 2. The number of ether oxygens (including phenoxy) is 1. The molecule has 0 aliphatic rings. The molecule has 0 fully saturated rings. The van der Waals surface area contributed by atoms with Crippen molar-refractivity contribution in [3.8, 4) is 5.75 Å². The molecule has 8 heteroatoms. The van der Waals surface area contributed by atoms with Gasteiger partial charge in [0.25, 0.3) is 11.8 Å². The van der Waals surface area contributed by atoms with Crippen LogP contribution in [0.15, 0.2) is 40.9 Å². The highest BCUT2D eigenvalue weighted by atomic mass is 79.9. The van der Waals surface area contributed by atoms with Crippen molar-refractivity contribution in [1.29, 1.82) is 0 Å². The normalized spacial score (nSPS) is 10.3. The molecule has 0 saturated heterocycles. The van der Waals surface area contributed by atoms with E-state index in [1.54, 1.807) is 30.3 Å². The van der Waals surface area contributed by atoms with Crippen LogP contribution in [-0.4, -0.2) is 25.0 Å². The predicted molar refractivity (Wildman–Crippen MR) is 107 cm³/mol. The number of anilines is 1. The fraction of sp³-hybridized carbons (Fsp3) is 0.222. The molecule has 0 unspecified atom stereocenters. The third kappa shape index (κ3) is 5.62. The van der Waals surface area contributed by atoms with Crippen molar-refractivity contribution in [3.63, 3.8) is 0 Å². The molecular weight excluding hydrogens is 443 g/mol. The van der Waals surface area contributed by atoms with Crippen LogP contribution in [0.5, 0.6) is 5.75 Å². The lowest BCUT2D eigenvalue weighted by Crippen LogP contribution is -2.27. The highest BCUT2D eigenvalue weighted by Gasteiger charge is 2.14. The smallest absolute Gasteiger partial charge is 0.262 e. The Morgan fingerprint density at radius 2 is 1.92 bits per heavy atom. The third-order valence-corrected chi connectivity index (χ3v) is 4.38. The van der Waals surface area contributed by atoms with Crippen molar-refractivity contribution in [1.82, 2.24) is 5.32 Å². The van der Waals surface area contributed by atoms with Gasteiger partial charge >= 0.3 is 0 Å².